The highest BCUT2D eigenvalue weighted by Crippen LogP contribution is 2.41. The van der Waals surface area contributed by atoms with Gasteiger partial charge in [-0.2, -0.15) is 0 Å². The van der Waals surface area contributed by atoms with Crippen molar-refractivity contribution >= 4 is 0 Å². The third kappa shape index (κ3) is 1.98. The van der Waals surface area contributed by atoms with E-state index in [2.05, 4.69) is 6.92 Å². The van der Waals surface area contributed by atoms with E-state index in [0.717, 1.165) is 17.8 Å². The molecule has 64 valence electrons. The van der Waals surface area contributed by atoms with E-state index < -0.39 is 0 Å². The van der Waals surface area contributed by atoms with Crippen LogP contribution in [0, 0.1) is 17.8 Å². The molecule has 1 unspecified atom stereocenters. The molecule has 0 aliphatic heterocycles. The number of rotatable bonds is 3. The van der Waals surface area contributed by atoms with E-state index in [-0.39, 0.29) is 0 Å². The SMILES string of the molecule is CC(CC1CC1)C1CCCC1. The quantitative estimate of drug-likeness (QED) is 0.579. The summed E-state index contributed by atoms with van der Waals surface area (Å²) in [5.74, 6) is 3.30. The Labute approximate surface area is 70.4 Å². The molecule has 2 rings (SSSR count). The van der Waals surface area contributed by atoms with E-state index in [9.17, 15) is 0 Å². The Hall–Kier alpha value is 0. The predicted octanol–water partition coefficient (Wildman–Crippen LogP) is 3.61. The van der Waals surface area contributed by atoms with Gasteiger partial charge in [-0.05, 0) is 24.2 Å². The van der Waals surface area contributed by atoms with E-state index in [1.807, 2.05) is 0 Å². The molecule has 0 radical (unpaired) electrons. The fraction of sp³-hybridized carbons (Fsp3) is 1.00. The van der Waals surface area contributed by atoms with E-state index in [1.54, 1.807) is 6.42 Å². The minimum Gasteiger partial charge on any atom is -0.0622 e. The maximum Gasteiger partial charge on any atom is -0.0388 e. The van der Waals surface area contributed by atoms with Crippen molar-refractivity contribution in [2.75, 3.05) is 0 Å². The number of hydrogen-bond acceptors (Lipinski definition) is 0. The van der Waals surface area contributed by atoms with Gasteiger partial charge in [0.1, 0.15) is 0 Å². The lowest BCUT2D eigenvalue weighted by molar-refractivity contribution is 0.331. The highest BCUT2D eigenvalue weighted by Gasteiger charge is 2.28. The molecule has 0 aromatic carbocycles. The first-order valence-electron chi connectivity index (χ1n) is 5.36. The number of hydrogen-bond donors (Lipinski definition) is 0. The first-order valence-corrected chi connectivity index (χ1v) is 5.36. The fourth-order valence-electron chi connectivity index (χ4n) is 2.60. The summed E-state index contributed by atoms with van der Waals surface area (Å²) < 4.78 is 0. The lowest BCUT2D eigenvalue weighted by Crippen LogP contribution is -2.07. The molecular weight excluding hydrogens is 132 g/mol. The zero-order valence-electron chi connectivity index (χ0n) is 7.68. The summed E-state index contributed by atoms with van der Waals surface area (Å²) in [5.41, 5.74) is 0. The van der Waals surface area contributed by atoms with Gasteiger partial charge in [0.25, 0.3) is 0 Å². The van der Waals surface area contributed by atoms with Crippen molar-refractivity contribution < 1.29 is 0 Å². The van der Waals surface area contributed by atoms with Crippen molar-refractivity contribution in [3.05, 3.63) is 0 Å². The monoisotopic (exact) mass is 152 g/mol. The summed E-state index contributed by atoms with van der Waals surface area (Å²) in [4.78, 5) is 0. The van der Waals surface area contributed by atoms with Crippen LogP contribution in [0.5, 0.6) is 0 Å². The highest BCUT2D eigenvalue weighted by atomic mass is 14.3. The van der Waals surface area contributed by atoms with Crippen LogP contribution in [-0.4, -0.2) is 0 Å². The van der Waals surface area contributed by atoms with Crippen LogP contribution < -0.4 is 0 Å². The van der Waals surface area contributed by atoms with Crippen molar-refractivity contribution in [3.8, 4) is 0 Å². The van der Waals surface area contributed by atoms with E-state index in [0.29, 0.717) is 0 Å². The molecule has 0 bridgehead atoms. The van der Waals surface area contributed by atoms with Gasteiger partial charge in [-0.25, -0.2) is 0 Å². The molecule has 0 spiro atoms. The van der Waals surface area contributed by atoms with Crippen LogP contribution in [0.4, 0.5) is 0 Å². The van der Waals surface area contributed by atoms with Gasteiger partial charge in [-0.1, -0.05) is 45.4 Å². The normalized spacial score (nSPS) is 29.2. The summed E-state index contributed by atoms with van der Waals surface area (Å²) in [6.07, 6.45) is 10.7. The molecular formula is C11H20. The molecule has 0 heterocycles. The Balaban J connectivity index is 1.73. The average Bonchev–Trinajstić information content (AvgIpc) is 2.67. The molecule has 0 N–H and O–H groups in total. The summed E-state index contributed by atoms with van der Waals surface area (Å²) in [5, 5.41) is 0. The summed E-state index contributed by atoms with van der Waals surface area (Å²) in [7, 11) is 0. The summed E-state index contributed by atoms with van der Waals surface area (Å²) >= 11 is 0. The molecule has 2 saturated carbocycles. The van der Waals surface area contributed by atoms with Crippen molar-refractivity contribution in [2.24, 2.45) is 17.8 Å². The molecule has 2 aliphatic carbocycles. The predicted molar refractivity (Wildman–Crippen MR) is 48.5 cm³/mol. The van der Waals surface area contributed by atoms with Crippen molar-refractivity contribution in [1.29, 1.82) is 0 Å². The maximum absolute atomic E-state index is 2.48. The van der Waals surface area contributed by atoms with Gasteiger partial charge in [0.05, 0.1) is 0 Å². The smallest absolute Gasteiger partial charge is 0.0388 e. The topological polar surface area (TPSA) is 0 Å². The molecule has 0 amide bonds. The van der Waals surface area contributed by atoms with Gasteiger partial charge in [-0.15, -0.1) is 0 Å². The van der Waals surface area contributed by atoms with Crippen LogP contribution in [0.3, 0.4) is 0 Å². The first kappa shape index (κ1) is 7.64. The standard InChI is InChI=1S/C11H20/c1-9(8-10-6-7-10)11-4-2-3-5-11/h9-11H,2-8H2,1H3. The van der Waals surface area contributed by atoms with Crippen molar-refractivity contribution in [3.63, 3.8) is 0 Å². The summed E-state index contributed by atoms with van der Waals surface area (Å²) in [6, 6.07) is 0. The van der Waals surface area contributed by atoms with Gasteiger partial charge in [0.2, 0.25) is 0 Å². The van der Waals surface area contributed by atoms with Crippen LogP contribution in [0.2, 0.25) is 0 Å². The zero-order chi connectivity index (χ0) is 7.68. The third-order valence-corrected chi connectivity index (χ3v) is 3.61. The fourth-order valence-corrected chi connectivity index (χ4v) is 2.60. The van der Waals surface area contributed by atoms with Crippen LogP contribution in [0.1, 0.15) is 51.9 Å². The first-order chi connectivity index (χ1) is 5.36. The molecule has 1 atom stereocenters. The van der Waals surface area contributed by atoms with Crippen LogP contribution in [-0.2, 0) is 0 Å². The summed E-state index contributed by atoms with van der Waals surface area (Å²) in [6.45, 7) is 2.48. The molecule has 0 nitrogen and oxygen atoms in total. The highest BCUT2D eigenvalue weighted by molar-refractivity contribution is 4.80. The van der Waals surface area contributed by atoms with Gasteiger partial charge < -0.3 is 0 Å². The molecule has 2 fully saturated rings. The average molecular weight is 152 g/mol. The van der Waals surface area contributed by atoms with Crippen molar-refractivity contribution in [1.82, 2.24) is 0 Å². The lowest BCUT2D eigenvalue weighted by atomic mass is 9.88. The molecule has 0 aromatic rings. The van der Waals surface area contributed by atoms with Gasteiger partial charge in [-0.3, -0.25) is 0 Å². The van der Waals surface area contributed by atoms with E-state index in [4.69, 9.17) is 0 Å². The zero-order valence-corrected chi connectivity index (χ0v) is 7.68. The second kappa shape index (κ2) is 3.16. The van der Waals surface area contributed by atoms with Crippen LogP contribution >= 0.6 is 0 Å². The maximum atomic E-state index is 2.48. The largest absolute Gasteiger partial charge is 0.0622 e. The molecule has 0 aromatic heterocycles. The van der Waals surface area contributed by atoms with Gasteiger partial charge >= 0.3 is 0 Å². The Bertz CT molecular complexity index is 118. The van der Waals surface area contributed by atoms with Crippen LogP contribution in [0.25, 0.3) is 0 Å². The molecule has 11 heavy (non-hydrogen) atoms. The van der Waals surface area contributed by atoms with E-state index in [1.165, 1.54) is 38.5 Å². The minimum absolute atomic E-state index is 1.05. The molecule has 0 saturated heterocycles. The second-order valence-corrected chi connectivity index (χ2v) is 4.70. The molecule has 0 heteroatoms. The minimum atomic E-state index is 1.05. The Kier molecular flexibility index (Phi) is 2.20. The third-order valence-electron chi connectivity index (χ3n) is 3.61. The van der Waals surface area contributed by atoms with Crippen LogP contribution in [0.15, 0.2) is 0 Å². The van der Waals surface area contributed by atoms with Gasteiger partial charge in [0, 0.05) is 0 Å². The Morgan fingerprint density at radius 2 is 1.73 bits per heavy atom. The van der Waals surface area contributed by atoms with Crippen molar-refractivity contribution in [2.45, 2.75) is 51.9 Å². The Morgan fingerprint density at radius 1 is 1.09 bits per heavy atom. The second-order valence-electron chi connectivity index (χ2n) is 4.70. The van der Waals surface area contributed by atoms with Gasteiger partial charge in [0.15, 0.2) is 0 Å². The lowest BCUT2D eigenvalue weighted by Gasteiger charge is -2.17. The molecule has 2 aliphatic rings. The van der Waals surface area contributed by atoms with E-state index >= 15 is 0 Å². The Morgan fingerprint density at radius 3 is 2.27 bits per heavy atom.